The molecule has 0 spiro atoms. The summed E-state index contributed by atoms with van der Waals surface area (Å²) in [4.78, 5) is 0. The van der Waals surface area contributed by atoms with Crippen LogP contribution in [0.4, 0.5) is 0 Å². The zero-order chi connectivity index (χ0) is 9.11. The van der Waals surface area contributed by atoms with Gasteiger partial charge in [0.15, 0.2) is 0 Å². The summed E-state index contributed by atoms with van der Waals surface area (Å²) in [5.41, 5.74) is 0. The van der Waals surface area contributed by atoms with Crippen molar-refractivity contribution in [3.63, 3.8) is 0 Å². The van der Waals surface area contributed by atoms with Gasteiger partial charge in [0.25, 0.3) is 0 Å². The summed E-state index contributed by atoms with van der Waals surface area (Å²) in [7, 11) is 3.45. The fourth-order valence-electron chi connectivity index (χ4n) is 0.738. The maximum Gasteiger partial charge on any atom is 0.0590 e. The van der Waals surface area contributed by atoms with Gasteiger partial charge in [-0.3, -0.25) is 0 Å². The van der Waals surface area contributed by atoms with Gasteiger partial charge in [-0.25, -0.2) is 0 Å². The van der Waals surface area contributed by atoms with E-state index < -0.39 is 0 Å². The molecular weight excluding hydrogens is 140 g/mol. The lowest BCUT2D eigenvalue weighted by molar-refractivity contribution is 0.0641. The lowest BCUT2D eigenvalue weighted by Crippen LogP contribution is -2.11. The molecule has 0 fully saturated rings. The van der Waals surface area contributed by atoms with E-state index in [-0.39, 0.29) is 0 Å². The van der Waals surface area contributed by atoms with Gasteiger partial charge in [-0.05, 0) is 12.8 Å². The van der Waals surface area contributed by atoms with Gasteiger partial charge in [0.05, 0.1) is 6.10 Å². The van der Waals surface area contributed by atoms with Gasteiger partial charge >= 0.3 is 0 Å². The Morgan fingerprint density at radius 3 is 2.00 bits per heavy atom. The van der Waals surface area contributed by atoms with Crippen molar-refractivity contribution < 1.29 is 9.47 Å². The van der Waals surface area contributed by atoms with Crippen molar-refractivity contribution in [2.75, 3.05) is 20.8 Å². The Balaban J connectivity index is 0. The van der Waals surface area contributed by atoms with E-state index in [1.807, 2.05) is 13.8 Å². The predicted molar refractivity (Wildman–Crippen MR) is 48.9 cm³/mol. The van der Waals surface area contributed by atoms with Crippen molar-refractivity contribution in [2.45, 2.75) is 39.7 Å². The van der Waals surface area contributed by atoms with Crippen LogP contribution in [0.5, 0.6) is 0 Å². The smallest absolute Gasteiger partial charge is 0.0590 e. The molecule has 0 radical (unpaired) electrons. The number of methoxy groups -OCH3 is 2. The third-order valence-corrected chi connectivity index (χ3v) is 1.43. The highest BCUT2D eigenvalue weighted by molar-refractivity contribution is 4.52. The third-order valence-electron chi connectivity index (χ3n) is 1.43. The molecule has 0 N–H and O–H groups in total. The molecule has 2 nitrogen and oxygen atoms in total. The van der Waals surface area contributed by atoms with Crippen LogP contribution in [0.1, 0.15) is 33.6 Å². The van der Waals surface area contributed by atoms with Crippen molar-refractivity contribution >= 4 is 0 Å². The Kier molecular flexibility index (Phi) is 15.4. The summed E-state index contributed by atoms with van der Waals surface area (Å²) in [6.07, 6.45) is 2.45. The molecular formula is C9H22O2. The molecule has 0 aliphatic heterocycles. The Bertz CT molecular complexity index is 51.5. The van der Waals surface area contributed by atoms with Gasteiger partial charge in [0.2, 0.25) is 0 Å². The molecule has 0 aromatic carbocycles. The summed E-state index contributed by atoms with van der Waals surface area (Å²) in [5, 5.41) is 0. The molecule has 1 unspecified atom stereocenters. The largest absolute Gasteiger partial charge is 0.385 e. The van der Waals surface area contributed by atoms with Crippen LogP contribution in [0.25, 0.3) is 0 Å². The fraction of sp³-hybridized carbons (Fsp3) is 1.00. The molecule has 11 heavy (non-hydrogen) atoms. The predicted octanol–water partition coefficient (Wildman–Crippen LogP) is 2.47. The average Bonchev–Trinajstić information content (AvgIpc) is 2.10. The molecule has 0 rings (SSSR count). The van der Waals surface area contributed by atoms with Crippen LogP contribution in [-0.4, -0.2) is 26.9 Å². The van der Waals surface area contributed by atoms with Gasteiger partial charge in [-0.2, -0.15) is 0 Å². The quantitative estimate of drug-likeness (QED) is 0.618. The lowest BCUT2D eigenvalue weighted by atomic mass is 10.2. The molecule has 0 bridgehead atoms. The number of rotatable bonds is 5. The fourth-order valence-corrected chi connectivity index (χ4v) is 0.738. The standard InChI is InChI=1S/C7H16O2.C2H6/c1-4-7(9-3)5-6-8-2;1-2/h7H,4-6H2,1-3H3;1-2H3. The normalized spacial score (nSPS) is 11.7. The van der Waals surface area contributed by atoms with Crippen LogP contribution >= 0.6 is 0 Å². The summed E-state index contributed by atoms with van der Waals surface area (Å²) in [5.74, 6) is 0. The molecule has 70 valence electrons. The Hall–Kier alpha value is -0.0800. The molecule has 0 aromatic rings. The van der Waals surface area contributed by atoms with Crippen LogP contribution < -0.4 is 0 Å². The molecule has 0 aromatic heterocycles. The van der Waals surface area contributed by atoms with Crippen LogP contribution in [0.3, 0.4) is 0 Å². The van der Waals surface area contributed by atoms with Gasteiger partial charge in [0.1, 0.15) is 0 Å². The van der Waals surface area contributed by atoms with E-state index in [1.165, 1.54) is 0 Å². The first-order valence-electron chi connectivity index (χ1n) is 4.36. The first-order chi connectivity index (χ1) is 5.35. The average molecular weight is 162 g/mol. The first-order valence-corrected chi connectivity index (χ1v) is 4.36. The Labute approximate surface area is 70.9 Å². The second-order valence-corrected chi connectivity index (χ2v) is 2.05. The molecule has 0 aliphatic rings. The first kappa shape index (κ1) is 13.5. The number of ether oxygens (including phenoxy) is 2. The summed E-state index contributed by atoms with van der Waals surface area (Å²) < 4.78 is 10.0. The van der Waals surface area contributed by atoms with Crippen molar-refractivity contribution in [2.24, 2.45) is 0 Å². The van der Waals surface area contributed by atoms with Crippen LogP contribution in [0.15, 0.2) is 0 Å². The molecule has 0 aliphatic carbocycles. The van der Waals surface area contributed by atoms with Crippen molar-refractivity contribution in [1.29, 1.82) is 0 Å². The minimum absolute atomic E-state index is 0.380. The number of hydrogen-bond donors (Lipinski definition) is 0. The van der Waals surface area contributed by atoms with Crippen LogP contribution in [0, 0.1) is 0 Å². The van der Waals surface area contributed by atoms with Crippen molar-refractivity contribution in [3.8, 4) is 0 Å². The zero-order valence-electron chi connectivity index (χ0n) is 8.52. The van der Waals surface area contributed by atoms with E-state index in [0.717, 1.165) is 19.4 Å². The Morgan fingerprint density at radius 1 is 1.18 bits per heavy atom. The van der Waals surface area contributed by atoms with Gasteiger partial charge in [-0.1, -0.05) is 20.8 Å². The monoisotopic (exact) mass is 162 g/mol. The summed E-state index contributed by atoms with van der Waals surface area (Å²) in [6.45, 7) is 6.91. The summed E-state index contributed by atoms with van der Waals surface area (Å²) in [6, 6.07) is 0. The van der Waals surface area contributed by atoms with E-state index in [4.69, 9.17) is 9.47 Å². The topological polar surface area (TPSA) is 18.5 Å². The molecule has 0 heterocycles. The van der Waals surface area contributed by atoms with Crippen LogP contribution in [-0.2, 0) is 9.47 Å². The van der Waals surface area contributed by atoms with Crippen molar-refractivity contribution in [1.82, 2.24) is 0 Å². The maximum absolute atomic E-state index is 5.12. The zero-order valence-corrected chi connectivity index (χ0v) is 8.52. The van der Waals surface area contributed by atoms with E-state index in [0.29, 0.717) is 6.10 Å². The summed E-state index contributed by atoms with van der Waals surface area (Å²) >= 11 is 0. The van der Waals surface area contributed by atoms with Crippen LogP contribution in [0.2, 0.25) is 0 Å². The second kappa shape index (κ2) is 12.6. The third kappa shape index (κ3) is 9.92. The molecule has 0 saturated heterocycles. The van der Waals surface area contributed by atoms with E-state index in [1.54, 1.807) is 14.2 Å². The van der Waals surface area contributed by atoms with Gasteiger partial charge in [-0.15, -0.1) is 0 Å². The van der Waals surface area contributed by atoms with Gasteiger partial charge in [0, 0.05) is 20.8 Å². The highest BCUT2D eigenvalue weighted by Gasteiger charge is 2.01. The van der Waals surface area contributed by atoms with Gasteiger partial charge < -0.3 is 9.47 Å². The lowest BCUT2D eigenvalue weighted by Gasteiger charge is -2.10. The van der Waals surface area contributed by atoms with Crippen molar-refractivity contribution in [3.05, 3.63) is 0 Å². The maximum atomic E-state index is 5.12. The highest BCUT2D eigenvalue weighted by atomic mass is 16.5. The molecule has 1 atom stereocenters. The molecule has 0 saturated carbocycles. The van der Waals surface area contributed by atoms with E-state index in [2.05, 4.69) is 6.92 Å². The Morgan fingerprint density at radius 2 is 1.73 bits per heavy atom. The van der Waals surface area contributed by atoms with E-state index >= 15 is 0 Å². The minimum Gasteiger partial charge on any atom is -0.385 e. The number of hydrogen-bond acceptors (Lipinski definition) is 2. The molecule has 2 heteroatoms. The SMILES string of the molecule is CC.CCC(CCOC)OC. The van der Waals surface area contributed by atoms with E-state index in [9.17, 15) is 0 Å². The second-order valence-electron chi connectivity index (χ2n) is 2.05. The minimum atomic E-state index is 0.380. The highest BCUT2D eigenvalue weighted by Crippen LogP contribution is 2.00. The molecule has 0 amide bonds.